The highest BCUT2D eigenvalue weighted by molar-refractivity contribution is 7.89. The van der Waals surface area contributed by atoms with Crippen molar-refractivity contribution >= 4 is 21.6 Å². The van der Waals surface area contributed by atoms with E-state index in [1.54, 1.807) is 0 Å². The maximum absolute atomic E-state index is 12.8. The first-order valence-corrected chi connectivity index (χ1v) is 8.70. The summed E-state index contributed by atoms with van der Waals surface area (Å²) >= 11 is 5.89. The predicted octanol–water partition coefficient (Wildman–Crippen LogP) is 1.96. The lowest BCUT2D eigenvalue weighted by Crippen LogP contribution is -2.40. The van der Waals surface area contributed by atoms with Crippen LogP contribution in [0.2, 0.25) is 5.02 Å². The van der Waals surface area contributed by atoms with Crippen molar-refractivity contribution in [2.75, 3.05) is 19.6 Å². The van der Waals surface area contributed by atoms with Gasteiger partial charge < -0.3 is 5.73 Å². The first-order chi connectivity index (χ1) is 9.98. The highest BCUT2D eigenvalue weighted by Gasteiger charge is 2.31. The van der Waals surface area contributed by atoms with Crippen LogP contribution < -0.4 is 5.73 Å². The van der Waals surface area contributed by atoms with Gasteiger partial charge in [0.1, 0.15) is 11.0 Å². The minimum Gasteiger partial charge on any atom is -0.330 e. The van der Waals surface area contributed by atoms with Crippen LogP contribution in [-0.2, 0) is 10.0 Å². The lowest BCUT2D eigenvalue weighted by molar-refractivity contribution is 0.258. The molecule has 1 aromatic rings. The Balaban J connectivity index is 2.34. The Bertz CT molecular complexity index is 653. The Labute approximate surface area is 130 Å². The minimum atomic E-state index is -3.69. The van der Waals surface area contributed by atoms with Gasteiger partial charge in [0.15, 0.2) is 0 Å². The number of benzene rings is 1. The van der Waals surface area contributed by atoms with Gasteiger partial charge in [0, 0.05) is 18.1 Å². The van der Waals surface area contributed by atoms with Crippen LogP contribution in [0.5, 0.6) is 0 Å². The number of nitriles is 1. The molecule has 0 amide bonds. The Morgan fingerprint density at radius 2 is 2.24 bits per heavy atom. The van der Waals surface area contributed by atoms with E-state index in [-0.39, 0.29) is 16.4 Å². The summed E-state index contributed by atoms with van der Waals surface area (Å²) in [4.78, 5) is -0.00843. The van der Waals surface area contributed by atoms with Crippen LogP contribution in [0.4, 0.5) is 0 Å². The molecule has 2 rings (SSSR count). The van der Waals surface area contributed by atoms with E-state index in [0.717, 1.165) is 19.3 Å². The molecule has 21 heavy (non-hydrogen) atoms. The van der Waals surface area contributed by atoms with Crippen molar-refractivity contribution < 1.29 is 8.42 Å². The quantitative estimate of drug-likeness (QED) is 0.915. The van der Waals surface area contributed by atoms with E-state index >= 15 is 0 Å². The summed E-state index contributed by atoms with van der Waals surface area (Å²) in [5.74, 6) is 0.281. The largest absolute Gasteiger partial charge is 0.330 e. The normalized spacial score (nSPS) is 20.1. The number of nitrogens with two attached hydrogens (primary N) is 1. The van der Waals surface area contributed by atoms with Crippen LogP contribution in [0.25, 0.3) is 0 Å². The number of piperidine rings is 1. The van der Waals surface area contributed by atoms with Crippen LogP contribution in [-0.4, -0.2) is 32.4 Å². The Morgan fingerprint density at radius 1 is 1.48 bits per heavy atom. The number of nitrogens with zero attached hydrogens (tertiary/aromatic N) is 2. The Morgan fingerprint density at radius 3 is 2.90 bits per heavy atom. The lowest BCUT2D eigenvalue weighted by Gasteiger charge is -2.32. The average Bonchev–Trinajstić information content (AvgIpc) is 2.48. The smallest absolute Gasteiger partial charge is 0.244 e. The zero-order valence-electron chi connectivity index (χ0n) is 11.6. The van der Waals surface area contributed by atoms with E-state index in [0.29, 0.717) is 24.7 Å². The minimum absolute atomic E-state index is 0.00843. The van der Waals surface area contributed by atoms with Gasteiger partial charge in [-0.05, 0) is 49.9 Å². The summed E-state index contributed by atoms with van der Waals surface area (Å²) in [6.07, 6.45) is 2.61. The van der Waals surface area contributed by atoms with Crippen LogP contribution in [0.15, 0.2) is 23.1 Å². The van der Waals surface area contributed by atoms with Crippen molar-refractivity contribution in [2.24, 2.45) is 11.7 Å². The molecule has 1 aliphatic rings. The Hall–Kier alpha value is -1.13. The third kappa shape index (κ3) is 3.55. The number of hydrogen-bond acceptors (Lipinski definition) is 4. The molecule has 0 aliphatic carbocycles. The molecular formula is C14H18ClN3O2S. The van der Waals surface area contributed by atoms with Crippen molar-refractivity contribution in [1.29, 1.82) is 5.26 Å². The molecule has 114 valence electrons. The zero-order valence-corrected chi connectivity index (χ0v) is 13.2. The highest BCUT2D eigenvalue weighted by atomic mass is 35.5. The van der Waals surface area contributed by atoms with Crippen molar-refractivity contribution in [2.45, 2.75) is 24.2 Å². The van der Waals surface area contributed by atoms with Crippen LogP contribution in [0, 0.1) is 17.2 Å². The average molecular weight is 328 g/mol. The summed E-state index contributed by atoms with van der Waals surface area (Å²) in [5, 5.41) is 9.42. The van der Waals surface area contributed by atoms with Gasteiger partial charge in [-0.25, -0.2) is 8.42 Å². The molecule has 1 atom stereocenters. The summed E-state index contributed by atoms with van der Waals surface area (Å²) in [7, 11) is -3.69. The van der Waals surface area contributed by atoms with Crippen molar-refractivity contribution in [3.63, 3.8) is 0 Å². The van der Waals surface area contributed by atoms with E-state index in [4.69, 9.17) is 22.6 Å². The summed E-state index contributed by atoms with van der Waals surface area (Å²) < 4.78 is 27.0. The molecular weight excluding hydrogens is 310 g/mol. The first kappa shape index (κ1) is 16.2. The molecule has 2 N–H and O–H groups in total. The number of sulfonamides is 1. The molecule has 5 nitrogen and oxygen atoms in total. The molecule has 7 heteroatoms. The predicted molar refractivity (Wildman–Crippen MR) is 81.3 cm³/mol. The molecule has 1 fully saturated rings. The summed E-state index contributed by atoms with van der Waals surface area (Å²) in [6, 6.07) is 6.23. The van der Waals surface area contributed by atoms with Crippen LogP contribution >= 0.6 is 11.6 Å². The summed E-state index contributed by atoms with van der Waals surface area (Å²) in [6.45, 7) is 1.48. The zero-order chi connectivity index (χ0) is 15.5. The van der Waals surface area contributed by atoms with Gasteiger partial charge in [-0.3, -0.25) is 0 Å². The molecule has 0 spiro atoms. The van der Waals surface area contributed by atoms with E-state index < -0.39 is 10.0 Å². The molecule has 0 saturated carbocycles. The number of rotatable bonds is 4. The van der Waals surface area contributed by atoms with Gasteiger partial charge in [0.25, 0.3) is 0 Å². The van der Waals surface area contributed by atoms with Gasteiger partial charge >= 0.3 is 0 Å². The van der Waals surface area contributed by atoms with Gasteiger partial charge in [-0.1, -0.05) is 11.6 Å². The molecule has 0 aromatic heterocycles. The number of hydrogen-bond donors (Lipinski definition) is 1. The second kappa shape index (κ2) is 6.75. The lowest BCUT2D eigenvalue weighted by atomic mass is 9.96. The highest BCUT2D eigenvalue weighted by Crippen LogP contribution is 2.28. The standard InChI is InChI=1S/C14H18ClN3O2S/c15-13-4-3-12(9-17)14(8-13)21(19,20)18-7-1-2-11(10-18)5-6-16/h3-4,8,11H,1-2,5-7,10,16H2. The van der Waals surface area contributed by atoms with Crippen molar-refractivity contribution in [1.82, 2.24) is 4.31 Å². The second-order valence-electron chi connectivity index (χ2n) is 5.20. The molecule has 1 aromatic carbocycles. The Kier molecular flexibility index (Phi) is 5.22. The van der Waals surface area contributed by atoms with Crippen molar-refractivity contribution in [3.05, 3.63) is 28.8 Å². The van der Waals surface area contributed by atoms with Gasteiger partial charge in [0.05, 0.1) is 5.56 Å². The van der Waals surface area contributed by atoms with E-state index in [1.807, 2.05) is 6.07 Å². The van der Waals surface area contributed by atoms with Gasteiger partial charge in [0.2, 0.25) is 10.0 Å². The fourth-order valence-corrected chi connectivity index (χ4v) is 4.62. The fraction of sp³-hybridized carbons (Fsp3) is 0.500. The molecule has 1 aliphatic heterocycles. The molecule has 1 heterocycles. The third-order valence-electron chi connectivity index (χ3n) is 3.74. The SMILES string of the molecule is N#Cc1ccc(Cl)cc1S(=O)(=O)N1CCCC(CCN)C1. The van der Waals surface area contributed by atoms with Crippen LogP contribution in [0.3, 0.4) is 0 Å². The maximum atomic E-state index is 12.8. The summed E-state index contributed by atoms with van der Waals surface area (Å²) in [5.41, 5.74) is 5.69. The van der Waals surface area contributed by atoms with Gasteiger partial charge in [-0.15, -0.1) is 0 Å². The number of halogens is 1. The fourth-order valence-electron chi connectivity index (χ4n) is 2.66. The monoisotopic (exact) mass is 327 g/mol. The molecule has 1 unspecified atom stereocenters. The molecule has 0 radical (unpaired) electrons. The van der Waals surface area contributed by atoms with Crippen LogP contribution in [0.1, 0.15) is 24.8 Å². The topological polar surface area (TPSA) is 87.2 Å². The maximum Gasteiger partial charge on any atom is 0.244 e. The van der Waals surface area contributed by atoms with E-state index in [9.17, 15) is 8.42 Å². The molecule has 0 bridgehead atoms. The molecule has 1 saturated heterocycles. The van der Waals surface area contributed by atoms with E-state index in [1.165, 1.54) is 22.5 Å². The van der Waals surface area contributed by atoms with E-state index in [2.05, 4.69) is 0 Å². The second-order valence-corrected chi connectivity index (χ2v) is 7.54. The third-order valence-corrected chi connectivity index (χ3v) is 5.88. The first-order valence-electron chi connectivity index (χ1n) is 6.89. The van der Waals surface area contributed by atoms with Gasteiger partial charge in [-0.2, -0.15) is 9.57 Å². The van der Waals surface area contributed by atoms with Crippen molar-refractivity contribution in [3.8, 4) is 6.07 Å².